The number of hydrogen-bond donors (Lipinski definition) is 2. The average Bonchev–Trinajstić information content (AvgIpc) is 2.15. The summed E-state index contributed by atoms with van der Waals surface area (Å²) in [5.41, 5.74) is -0.396. The van der Waals surface area contributed by atoms with Gasteiger partial charge in [0.1, 0.15) is 6.61 Å². The van der Waals surface area contributed by atoms with E-state index in [-0.39, 0.29) is 13.2 Å². The highest BCUT2D eigenvalue weighted by Crippen LogP contribution is 2.13. The summed E-state index contributed by atoms with van der Waals surface area (Å²) in [6, 6.07) is 0. The number of aliphatic hydroxyl groups is 1. The number of ether oxygens (including phenoxy) is 1. The summed E-state index contributed by atoms with van der Waals surface area (Å²) in [4.78, 5) is 11.2. The molecule has 0 spiro atoms. The van der Waals surface area contributed by atoms with Gasteiger partial charge in [0.2, 0.25) is 0 Å². The predicted octanol–water partition coefficient (Wildman–Crippen LogP) is 1.45. The zero-order valence-electron chi connectivity index (χ0n) is 8.88. The second kappa shape index (κ2) is 6.43. The second-order valence-corrected chi connectivity index (χ2v) is 3.40. The Hall–Kier alpha value is -1.03. The van der Waals surface area contributed by atoms with E-state index >= 15 is 0 Å². The zero-order valence-corrected chi connectivity index (χ0v) is 8.88. The van der Waals surface area contributed by atoms with E-state index in [0.29, 0.717) is 6.42 Å². The first kappa shape index (κ1) is 13.0. The van der Waals surface area contributed by atoms with Crippen molar-refractivity contribution in [2.24, 2.45) is 0 Å². The lowest BCUT2D eigenvalue weighted by molar-refractivity contribution is 0.137. The van der Waals surface area contributed by atoms with Gasteiger partial charge < -0.3 is 15.2 Å². The van der Waals surface area contributed by atoms with Gasteiger partial charge in [0.15, 0.2) is 0 Å². The van der Waals surface area contributed by atoms with Crippen LogP contribution in [0.1, 0.15) is 26.7 Å². The molecule has 4 heteroatoms. The molecule has 1 unspecified atom stereocenters. The van der Waals surface area contributed by atoms with Crippen LogP contribution in [0.25, 0.3) is 0 Å². The van der Waals surface area contributed by atoms with Crippen LogP contribution in [0.3, 0.4) is 0 Å². The number of hydrogen-bond acceptors (Lipinski definition) is 3. The van der Waals surface area contributed by atoms with Gasteiger partial charge in [0, 0.05) is 12.1 Å². The standard InChI is InChI=1S/C10H19NO3/c1-4-8-14-9(13)11-10(3,5-2)6-7-12/h4,12H,1,5-8H2,2-3H3,(H,11,13). The number of amides is 1. The fourth-order valence-corrected chi connectivity index (χ4v) is 0.992. The number of aliphatic hydroxyl groups excluding tert-OH is 1. The van der Waals surface area contributed by atoms with Gasteiger partial charge in [-0.1, -0.05) is 19.6 Å². The molecule has 4 nitrogen and oxygen atoms in total. The van der Waals surface area contributed by atoms with Crippen molar-refractivity contribution in [2.75, 3.05) is 13.2 Å². The Morgan fingerprint density at radius 1 is 1.71 bits per heavy atom. The molecule has 0 saturated carbocycles. The molecule has 0 aromatic rings. The Morgan fingerprint density at radius 2 is 2.36 bits per heavy atom. The van der Waals surface area contributed by atoms with Crippen LogP contribution < -0.4 is 5.32 Å². The van der Waals surface area contributed by atoms with Crippen molar-refractivity contribution in [3.63, 3.8) is 0 Å². The molecule has 0 aliphatic heterocycles. The number of nitrogens with one attached hydrogen (secondary N) is 1. The number of rotatable bonds is 6. The van der Waals surface area contributed by atoms with Crippen LogP contribution in [0.5, 0.6) is 0 Å². The smallest absolute Gasteiger partial charge is 0.407 e. The Bertz CT molecular complexity index is 194. The third kappa shape index (κ3) is 4.87. The molecule has 0 bridgehead atoms. The van der Waals surface area contributed by atoms with Crippen molar-refractivity contribution in [3.8, 4) is 0 Å². The summed E-state index contributed by atoms with van der Waals surface area (Å²) in [6.07, 6.45) is 2.31. The summed E-state index contributed by atoms with van der Waals surface area (Å²) in [6.45, 7) is 7.51. The predicted molar refractivity (Wildman–Crippen MR) is 55.1 cm³/mol. The monoisotopic (exact) mass is 201 g/mol. The summed E-state index contributed by atoms with van der Waals surface area (Å²) < 4.78 is 4.79. The van der Waals surface area contributed by atoms with Gasteiger partial charge >= 0.3 is 6.09 Å². The maximum Gasteiger partial charge on any atom is 0.407 e. The molecule has 0 aliphatic rings. The van der Waals surface area contributed by atoms with Gasteiger partial charge in [0.05, 0.1) is 0 Å². The molecular formula is C10H19NO3. The van der Waals surface area contributed by atoms with E-state index in [2.05, 4.69) is 11.9 Å². The van der Waals surface area contributed by atoms with Crippen LogP contribution in [-0.2, 0) is 4.74 Å². The third-order valence-electron chi connectivity index (χ3n) is 2.18. The minimum absolute atomic E-state index is 0.0477. The molecule has 1 atom stereocenters. The SMILES string of the molecule is C=CCOC(=O)NC(C)(CC)CCO. The number of alkyl carbamates (subject to hydrolysis) is 1. The van der Waals surface area contributed by atoms with Gasteiger partial charge in [0.25, 0.3) is 0 Å². The van der Waals surface area contributed by atoms with Crippen LogP contribution >= 0.6 is 0 Å². The van der Waals surface area contributed by atoms with Crippen molar-refractivity contribution in [2.45, 2.75) is 32.2 Å². The van der Waals surface area contributed by atoms with E-state index in [4.69, 9.17) is 9.84 Å². The molecule has 2 N–H and O–H groups in total. The average molecular weight is 201 g/mol. The molecule has 0 fully saturated rings. The highest BCUT2D eigenvalue weighted by molar-refractivity contribution is 5.68. The van der Waals surface area contributed by atoms with Gasteiger partial charge in [-0.2, -0.15) is 0 Å². The number of carbonyl (C=O) groups is 1. The van der Waals surface area contributed by atoms with Gasteiger partial charge in [-0.25, -0.2) is 4.79 Å². The molecule has 0 aliphatic carbocycles. The van der Waals surface area contributed by atoms with Crippen molar-refractivity contribution < 1.29 is 14.6 Å². The van der Waals surface area contributed by atoms with E-state index in [1.807, 2.05) is 13.8 Å². The van der Waals surface area contributed by atoms with Crippen molar-refractivity contribution in [1.82, 2.24) is 5.32 Å². The van der Waals surface area contributed by atoms with E-state index in [0.717, 1.165) is 6.42 Å². The summed E-state index contributed by atoms with van der Waals surface area (Å²) in [5, 5.41) is 11.5. The van der Waals surface area contributed by atoms with Crippen molar-refractivity contribution in [1.29, 1.82) is 0 Å². The third-order valence-corrected chi connectivity index (χ3v) is 2.18. The second-order valence-electron chi connectivity index (χ2n) is 3.40. The van der Waals surface area contributed by atoms with E-state index < -0.39 is 11.6 Å². The molecule has 14 heavy (non-hydrogen) atoms. The van der Waals surface area contributed by atoms with Gasteiger partial charge in [-0.3, -0.25) is 0 Å². The Labute approximate surface area is 85.0 Å². The molecule has 0 saturated heterocycles. The molecule has 0 aromatic heterocycles. The maximum atomic E-state index is 11.2. The van der Waals surface area contributed by atoms with Crippen LogP contribution in [0.2, 0.25) is 0 Å². The quantitative estimate of drug-likeness (QED) is 0.639. The lowest BCUT2D eigenvalue weighted by Gasteiger charge is -2.28. The fourth-order valence-electron chi connectivity index (χ4n) is 0.992. The van der Waals surface area contributed by atoms with Crippen LogP contribution in [0.15, 0.2) is 12.7 Å². The van der Waals surface area contributed by atoms with Crippen molar-refractivity contribution in [3.05, 3.63) is 12.7 Å². The van der Waals surface area contributed by atoms with Crippen LogP contribution in [0.4, 0.5) is 4.79 Å². The van der Waals surface area contributed by atoms with Gasteiger partial charge in [-0.15, -0.1) is 0 Å². The Kier molecular flexibility index (Phi) is 5.95. The summed E-state index contributed by atoms with van der Waals surface area (Å²) >= 11 is 0. The normalized spacial score (nSPS) is 14.2. The van der Waals surface area contributed by atoms with Crippen LogP contribution in [-0.4, -0.2) is 30.0 Å². The Morgan fingerprint density at radius 3 is 2.79 bits per heavy atom. The first-order valence-electron chi connectivity index (χ1n) is 4.74. The largest absolute Gasteiger partial charge is 0.445 e. The molecule has 82 valence electrons. The van der Waals surface area contributed by atoms with Crippen LogP contribution in [0, 0.1) is 0 Å². The summed E-state index contributed by atoms with van der Waals surface area (Å²) in [7, 11) is 0. The minimum atomic E-state index is -0.470. The molecular weight excluding hydrogens is 182 g/mol. The topological polar surface area (TPSA) is 58.6 Å². The first-order chi connectivity index (χ1) is 6.58. The lowest BCUT2D eigenvalue weighted by Crippen LogP contribution is -2.46. The molecule has 0 aromatic carbocycles. The fraction of sp³-hybridized carbons (Fsp3) is 0.700. The maximum absolute atomic E-state index is 11.2. The van der Waals surface area contributed by atoms with Crippen molar-refractivity contribution >= 4 is 6.09 Å². The highest BCUT2D eigenvalue weighted by atomic mass is 16.5. The zero-order chi connectivity index (χ0) is 11.0. The lowest BCUT2D eigenvalue weighted by atomic mass is 9.95. The van der Waals surface area contributed by atoms with E-state index in [1.165, 1.54) is 6.08 Å². The Balaban J connectivity index is 4.02. The number of carbonyl (C=O) groups excluding carboxylic acids is 1. The van der Waals surface area contributed by atoms with E-state index in [9.17, 15) is 4.79 Å². The summed E-state index contributed by atoms with van der Waals surface area (Å²) in [5.74, 6) is 0. The molecule has 0 heterocycles. The highest BCUT2D eigenvalue weighted by Gasteiger charge is 2.23. The molecule has 0 rings (SSSR count). The van der Waals surface area contributed by atoms with Gasteiger partial charge in [-0.05, 0) is 19.8 Å². The molecule has 1 amide bonds. The minimum Gasteiger partial charge on any atom is -0.445 e. The van der Waals surface area contributed by atoms with E-state index in [1.54, 1.807) is 0 Å². The molecule has 0 radical (unpaired) electrons. The first-order valence-corrected chi connectivity index (χ1v) is 4.74.